The van der Waals surface area contributed by atoms with Crippen LogP contribution >= 0.6 is 0 Å². The highest BCUT2D eigenvalue weighted by atomic mass is 19.1. The van der Waals surface area contributed by atoms with E-state index in [1.807, 2.05) is 37.5 Å². The fraction of sp³-hybridized carbons (Fsp3) is 0.188. The molecule has 0 saturated carbocycles. The quantitative estimate of drug-likeness (QED) is 0.291. The highest BCUT2D eigenvalue weighted by Gasteiger charge is 2.13. The van der Waals surface area contributed by atoms with E-state index in [1.165, 1.54) is 17.7 Å². The molecule has 0 radical (unpaired) electrons. The molecule has 0 fully saturated rings. The van der Waals surface area contributed by atoms with Gasteiger partial charge in [0.25, 0.3) is 0 Å². The number of fused-ring (bicyclic) bond motifs is 1. The summed E-state index contributed by atoms with van der Waals surface area (Å²) in [5.74, 6) is -0.245. The Morgan fingerprint density at radius 2 is 1.89 bits per heavy atom. The van der Waals surface area contributed by atoms with Gasteiger partial charge in [-0.05, 0) is 105 Å². The van der Waals surface area contributed by atoms with Crippen LogP contribution in [-0.2, 0) is 6.42 Å². The van der Waals surface area contributed by atoms with Crippen LogP contribution in [0.15, 0.2) is 73.6 Å². The number of nitrogens with zero attached hydrogens (tertiary/aromatic N) is 3. The number of benzene rings is 2. The number of aromatic amines is 2. The third-order valence-electron chi connectivity index (χ3n) is 6.75. The molecule has 0 saturated heterocycles. The molecule has 5 aromatic rings. The number of nitrogens with one attached hydrogen (secondary N) is 2. The molecule has 5 rings (SSSR count). The molecule has 0 aliphatic heterocycles. The summed E-state index contributed by atoms with van der Waals surface area (Å²) in [4.78, 5) is 10.2. The van der Waals surface area contributed by atoms with Crippen molar-refractivity contribution in [2.24, 2.45) is 0 Å². The van der Waals surface area contributed by atoms with E-state index in [0.29, 0.717) is 0 Å². The number of hydrogen-bond acceptors (Lipinski definition) is 3. The SMILES string of the molecule is C=C(/C=c1/c(-c2cc3c(-c4ccc(F)cc4)cccc3[nH]2)n[nH]/c1=C/C)c1cncc(CCCN(C)C)c1. The van der Waals surface area contributed by atoms with Crippen LogP contribution in [0.1, 0.15) is 24.5 Å². The van der Waals surface area contributed by atoms with E-state index in [2.05, 4.69) is 70.0 Å². The topological polar surface area (TPSA) is 60.6 Å². The van der Waals surface area contributed by atoms with Crippen molar-refractivity contribution < 1.29 is 4.39 Å². The molecular weight excluding hydrogens is 473 g/mol. The van der Waals surface area contributed by atoms with E-state index >= 15 is 0 Å². The van der Waals surface area contributed by atoms with E-state index in [0.717, 1.165) is 74.5 Å². The van der Waals surface area contributed by atoms with Gasteiger partial charge in [0.15, 0.2) is 0 Å². The molecular formula is C32H32FN5. The molecule has 2 aromatic carbocycles. The first-order valence-corrected chi connectivity index (χ1v) is 12.8. The standard InChI is InChI=1S/C32H32FN5/c1-5-29-28(16-21(2)24-17-22(19-34-20-24)8-7-15-38(3)4)32(37-36-29)31-18-27-26(9-6-10-30(27)35-31)23-11-13-25(33)14-12-23/h5-6,9-14,16-20,35-36H,2,7-8,15H2,1,3-4H3/b28-16+,29-5+. The molecule has 3 heterocycles. The average molecular weight is 506 g/mol. The molecule has 0 atom stereocenters. The smallest absolute Gasteiger partial charge is 0.123 e. The van der Waals surface area contributed by atoms with Crippen LogP contribution in [0.3, 0.4) is 0 Å². The van der Waals surface area contributed by atoms with E-state index in [9.17, 15) is 4.39 Å². The highest BCUT2D eigenvalue weighted by molar-refractivity contribution is 5.98. The van der Waals surface area contributed by atoms with Crippen molar-refractivity contribution in [1.29, 1.82) is 0 Å². The van der Waals surface area contributed by atoms with Crippen LogP contribution in [0.2, 0.25) is 0 Å². The molecule has 2 N–H and O–H groups in total. The van der Waals surface area contributed by atoms with Gasteiger partial charge < -0.3 is 9.88 Å². The zero-order valence-corrected chi connectivity index (χ0v) is 22.1. The molecule has 0 bridgehead atoms. The van der Waals surface area contributed by atoms with E-state index in [-0.39, 0.29) is 5.82 Å². The Kier molecular flexibility index (Phi) is 7.33. The minimum absolute atomic E-state index is 0.245. The number of H-pyrrole nitrogens is 2. The second-order valence-corrected chi connectivity index (χ2v) is 9.80. The largest absolute Gasteiger partial charge is 0.353 e. The van der Waals surface area contributed by atoms with Crippen molar-refractivity contribution in [3.05, 3.63) is 101 Å². The highest BCUT2D eigenvalue weighted by Crippen LogP contribution is 2.31. The number of aryl methyl sites for hydroxylation is 1. The summed E-state index contributed by atoms with van der Waals surface area (Å²) in [5, 5.41) is 10.8. The van der Waals surface area contributed by atoms with Crippen molar-refractivity contribution in [3.8, 4) is 22.5 Å². The average Bonchev–Trinajstić information content (AvgIpc) is 3.53. The Bertz CT molecular complexity index is 1710. The Morgan fingerprint density at radius 3 is 2.66 bits per heavy atom. The molecule has 0 spiro atoms. The van der Waals surface area contributed by atoms with Gasteiger partial charge >= 0.3 is 0 Å². The predicted molar refractivity (Wildman–Crippen MR) is 155 cm³/mol. The summed E-state index contributed by atoms with van der Waals surface area (Å²) in [5.41, 5.74) is 7.78. The number of halogens is 1. The zero-order valence-electron chi connectivity index (χ0n) is 22.1. The van der Waals surface area contributed by atoms with Gasteiger partial charge in [0.2, 0.25) is 0 Å². The van der Waals surface area contributed by atoms with Gasteiger partial charge in [0.1, 0.15) is 11.5 Å². The molecule has 0 unspecified atom stereocenters. The fourth-order valence-electron chi connectivity index (χ4n) is 4.76. The zero-order chi connectivity index (χ0) is 26.6. The summed E-state index contributed by atoms with van der Waals surface area (Å²) in [6, 6.07) is 17.0. The fourth-order valence-corrected chi connectivity index (χ4v) is 4.76. The second kappa shape index (κ2) is 11.0. The number of allylic oxidation sites excluding steroid dienone is 1. The lowest BCUT2D eigenvalue weighted by Crippen LogP contribution is -2.23. The molecule has 0 aliphatic carbocycles. The third-order valence-corrected chi connectivity index (χ3v) is 6.75. The van der Waals surface area contributed by atoms with E-state index in [1.54, 1.807) is 12.1 Å². The van der Waals surface area contributed by atoms with Gasteiger partial charge in [0, 0.05) is 28.5 Å². The van der Waals surface area contributed by atoms with Crippen LogP contribution in [0, 0.1) is 5.82 Å². The van der Waals surface area contributed by atoms with Crippen LogP contribution < -0.4 is 10.6 Å². The van der Waals surface area contributed by atoms with Crippen LogP contribution in [-0.4, -0.2) is 45.7 Å². The minimum Gasteiger partial charge on any atom is -0.353 e. The number of pyridine rings is 1. The van der Waals surface area contributed by atoms with E-state index in [4.69, 9.17) is 0 Å². The lowest BCUT2D eigenvalue weighted by Gasteiger charge is -2.09. The number of hydrogen-bond donors (Lipinski definition) is 2. The maximum absolute atomic E-state index is 13.5. The van der Waals surface area contributed by atoms with Crippen LogP contribution in [0.5, 0.6) is 0 Å². The van der Waals surface area contributed by atoms with E-state index < -0.39 is 0 Å². The summed E-state index contributed by atoms with van der Waals surface area (Å²) < 4.78 is 13.5. The van der Waals surface area contributed by atoms with Gasteiger partial charge in [-0.2, -0.15) is 5.10 Å². The number of aromatic nitrogens is 4. The molecule has 0 aliphatic rings. The molecule has 192 valence electrons. The lowest BCUT2D eigenvalue weighted by molar-refractivity contribution is 0.400. The second-order valence-electron chi connectivity index (χ2n) is 9.80. The van der Waals surface area contributed by atoms with Crippen molar-refractivity contribution in [3.63, 3.8) is 0 Å². The molecule has 38 heavy (non-hydrogen) atoms. The van der Waals surface area contributed by atoms with Gasteiger partial charge in [-0.3, -0.25) is 10.1 Å². The molecule has 0 amide bonds. The monoisotopic (exact) mass is 505 g/mol. The summed E-state index contributed by atoms with van der Waals surface area (Å²) in [6.45, 7) is 7.39. The predicted octanol–water partition coefficient (Wildman–Crippen LogP) is 5.55. The number of rotatable bonds is 8. The first kappa shape index (κ1) is 25.4. The van der Waals surface area contributed by atoms with Gasteiger partial charge in [-0.15, -0.1) is 0 Å². The Morgan fingerprint density at radius 1 is 1.08 bits per heavy atom. The summed E-state index contributed by atoms with van der Waals surface area (Å²) >= 11 is 0. The minimum atomic E-state index is -0.245. The molecule has 3 aromatic heterocycles. The Hall–Kier alpha value is -4.29. The van der Waals surface area contributed by atoms with Gasteiger partial charge in [0.05, 0.1) is 11.0 Å². The molecule has 5 nitrogen and oxygen atoms in total. The summed E-state index contributed by atoms with van der Waals surface area (Å²) in [7, 11) is 4.18. The molecule has 6 heteroatoms. The maximum atomic E-state index is 13.5. The maximum Gasteiger partial charge on any atom is 0.123 e. The van der Waals surface area contributed by atoms with Crippen molar-refractivity contribution in [1.82, 2.24) is 25.1 Å². The van der Waals surface area contributed by atoms with Gasteiger partial charge in [-0.25, -0.2) is 4.39 Å². The Balaban J connectivity index is 1.53. The van der Waals surface area contributed by atoms with Crippen molar-refractivity contribution in [2.45, 2.75) is 19.8 Å². The summed E-state index contributed by atoms with van der Waals surface area (Å²) in [6.07, 6.45) is 9.93. The third kappa shape index (κ3) is 5.36. The van der Waals surface area contributed by atoms with Crippen LogP contribution in [0.4, 0.5) is 4.39 Å². The van der Waals surface area contributed by atoms with Crippen LogP contribution in [0.25, 0.3) is 51.1 Å². The van der Waals surface area contributed by atoms with Crippen molar-refractivity contribution in [2.75, 3.05) is 20.6 Å². The normalized spacial score (nSPS) is 12.7. The van der Waals surface area contributed by atoms with Gasteiger partial charge in [-0.1, -0.05) is 36.9 Å². The lowest BCUT2D eigenvalue weighted by atomic mass is 10.0. The Labute approximate surface area is 222 Å². The first-order valence-electron chi connectivity index (χ1n) is 12.8. The van der Waals surface area contributed by atoms with Crippen molar-refractivity contribution >= 4 is 28.6 Å². The first-order chi connectivity index (χ1) is 18.4.